The summed E-state index contributed by atoms with van der Waals surface area (Å²) in [6.07, 6.45) is 0.391. The molecule has 3 aromatic rings. The second-order valence-corrected chi connectivity index (χ2v) is 5.19. The third kappa shape index (κ3) is 2.42. The summed E-state index contributed by atoms with van der Waals surface area (Å²) in [6, 6.07) is 14.0. The highest BCUT2D eigenvalue weighted by Gasteiger charge is 2.09. The van der Waals surface area contributed by atoms with Gasteiger partial charge in [0.1, 0.15) is 5.82 Å². The van der Waals surface area contributed by atoms with E-state index in [2.05, 4.69) is 16.0 Å². The minimum Gasteiger partial charge on any atom is -0.383 e. The Balaban J connectivity index is 2.21. The van der Waals surface area contributed by atoms with Gasteiger partial charge in [-0.2, -0.15) is 10.2 Å². The molecule has 0 fully saturated rings. The lowest BCUT2D eigenvalue weighted by atomic mass is 9.96. The first kappa shape index (κ1) is 13.8. The number of rotatable bonds is 2. The van der Waals surface area contributed by atoms with Gasteiger partial charge in [-0.3, -0.25) is 0 Å². The molecule has 5 nitrogen and oxygen atoms in total. The van der Waals surface area contributed by atoms with Crippen LogP contribution in [0.4, 0.5) is 11.8 Å². The molecule has 0 amide bonds. The van der Waals surface area contributed by atoms with Crippen molar-refractivity contribution >= 4 is 22.7 Å². The molecule has 2 aromatic carbocycles. The largest absolute Gasteiger partial charge is 0.383 e. The van der Waals surface area contributed by atoms with Gasteiger partial charge in [0.25, 0.3) is 0 Å². The average molecular weight is 289 g/mol. The molecule has 0 unspecified atom stereocenters. The Morgan fingerprint density at radius 1 is 1.14 bits per heavy atom. The zero-order valence-electron chi connectivity index (χ0n) is 12.2. The molecule has 0 aliphatic rings. The van der Waals surface area contributed by atoms with E-state index in [1.807, 2.05) is 43.3 Å². The monoisotopic (exact) mass is 289 g/mol. The molecule has 108 valence electrons. The predicted octanol–water partition coefficient (Wildman–Crippen LogP) is 2.84. The first-order chi connectivity index (χ1) is 10.6. The average Bonchev–Trinajstić information content (AvgIpc) is 2.48. The second kappa shape index (κ2) is 5.34. The van der Waals surface area contributed by atoms with Crippen molar-refractivity contribution in [3.8, 4) is 17.2 Å². The summed E-state index contributed by atoms with van der Waals surface area (Å²) in [5.41, 5.74) is 16.5. The lowest BCUT2D eigenvalue weighted by Crippen LogP contribution is -2.01. The van der Waals surface area contributed by atoms with Crippen LogP contribution in [0.5, 0.6) is 0 Å². The van der Waals surface area contributed by atoms with Gasteiger partial charge in [-0.1, -0.05) is 24.3 Å². The summed E-state index contributed by atoms with van der Waals surface area (Å²) in [4.78, 5) is 8.25. The van der Waals surface area contributed by atoms with Crippen LogP contribution in [-0.4, -0.2) is 9.97 Å². The number of hydrogen-bond acceptors (Lipinski definition) is 5. The molecule has 1 heterocycles. The molecule has 22 heavy (non-hydrogen) atoms. The molecule has 0 saturated carbocycles. The van der Waals surface area contributed by atoms with Crippen LogP contribution in [0.15, 0.2) is 36.4 Å². The number of fused-ring (bicyclic) bond motifs is 1. The molecule has 5 heteroatoms. The molecule has 1 aromatic heterocycles. The molecule has 3 rings (SSSR count). The number of aryl methyl sites for hydroxylation is 1. The molecular formula is C17H15N5. The maximum Gasteiger partial charge on any atom is 0.222 e. The molecule has 0 saturated heterocycles. The SMILES string of the molecule is Cc1cc2c(N)nc(N)nc2cc1-c1cccc(CC#N)c1. The summed E-state index contributed by atoms with van der Waals surface area (Å²) in [5.74, 6) is 0.549. The van der Waals surface area contributed by atoms with Gasteiger partial charge in [0, 0.05) is 5.39 Å². The quantitative estimate of drug-likeness (QED) is 0.755. The van der Waals surface area contributed by atoms with Gasteiger partial charge in [-0.25, -0.2) is 4.98 Å². The Morgan fingerprint density at radius 3 is 2.73 bits per heavy atom. The van der Waals surface area contributed by atoms with Crippen molar-refractivity contribution in [3.63, 3.8) is 0 Å². The van der Waals surface area contributed by atoms with Crippen LogP contribution in [0.1, 0.15) is 11.1 Å². The van der Waals surface area contributed by atoms with E-state index in [1.165, 1.54) is 0 Å². The maximum absolute atomic E-state index is 8.84. The van der Waals surface area contributed by atoms with Gasteiger partial charge >= 0.3 is 0 Å². The molecule has 0 aliphatic heterocycles. The third-order valence-electron chi connectivity index (χ3n) is 3.61. The van der Waals surface area contributed by atoms with Crippen molar-refractivity contribution < 1.29 is 0 Å². The number of benzene rings is 2. The number of anilines is 2. The van der Waals surface area contributed by atoms with Crippen molar-refractivity contribution in [2.75, 3.05) is 11.5 Å². The fraction of sp³-hybridized carbons (Fsp3) is 0.118. The minimum atomic E-state index is 0.165. The Kier molecular flexibility index (Phi) is 3.36. The lowest BCUT2D eigenvalue weighted by Gasteiger charge is -2.10. The van der Waals surface area contributed by atoms with Gasteiger partial charge in [0.15, 0.2) is 0 Å². The fourth-order valence-electron chi connectivity index (χ4n) is 2.58. The lowest BCUT2D eigenvalue weighted by molar-refractivity contribution is 1.24. The van der Waals surface area contributed by atoms with Crippen LogP contribution in [0.2, 0.25) is 0 Å². The topological polar surface area (TPSA) is 102 Å². The van der Waals surface area contributed by atoms with Gasteiger partial charge < -0.3 is 11.5 Å². The highest BCUT2D eigenvalue weighted by atomic mass is 15.0. The van der Waals surface area contributed by atoms with E-state index in [9.17, 15) is 0 Å². The van der Waals surface area contributed by atoms with E-state index in [1.54, 1.807) is 0 Å². The summed E-state index contributed by atoms with van der Waals surface area (Å²) < 4.78 is 0. The zero-order chi connectivity index (χ0) is 15.7. The van der Waals surface area contributed by atoms with E-state index < -0.39 is 0 Å². The summed E-state index contributed by atoms with van der Waals surface area (Å²) >= 11 is 0. The van der Waals surface area contributed by atoms with E-state index >= 15 is 0 Å². The number of nitriles is 1. The number of nitrogen functional groups attached to an aromatic ring is 2. The number of aromatic nitrogens is 2. The highest BCUT2D eigenvalue weighted by molar-refractivity contribution is 5.93. The van der Waals surface area contributed by atoms with Crippen LogP contribution in [-0.2, 0) is 6.42 Å². The number of hydrogen-bond donors (Lipinski definition) is 2. The molecule has 0 spiro atoms. The normalized spacial score (nSPS) is 10.5. The maximum atomic E-state index is 8.84. The predicted molar refractivity (Wildman–Crippen MR) is 87.9 cm³/mol. The number of nitrogens with two attached hydrogens (primary N) is 2. The first-order valence-corrected chi connectivity index (χ1v) is 6.88. The van der Waals surface area contributed by atoms with Gasteiger partial charge in [-0.05, 0) is 41.3 Å². The highest BCUT2D eigenvalue weighted by Crippen LogP contribution is 2.30. The van der Waals surface area contributed by atoms with Crippen molar-refractivity contribution in [3.05, 3.63) is 47.5 Å². The molecule has 0 aliphatic carbocycles. The Hall–Kier alpha value is -3.13. The smallest absolute Gasteiger partial charge is 0.222 e. The summed E-state index contributed by atoms with van der Waals surface area (Å²) in [7, 11) is 0. The Bertz CT molecular complexity index is 909. The van der Waals surface area contributed by atoms with Crippen LogP contribution in [0.25, 0.3) is 22.0 Å². The van der Waals surface area contributed by atoms with E-state index in [-0.39, 0.29) is 5.95 Å². The molecular weight excluding hydrogens is 274 g/mol. The van der Waals surface area contributed by atoms with Crippen molar-refractivity contribution in [1.29, 1.82) is 5.26 Å². The minimum absolute atomic E-state index is 0.165. The molecule has 0 bridgehead atoms. The van der Waals surface area contributed by atoms with Crippen LogP contribution in [0, 0.1) is 18.3 Å². The van der Waals surface area contributed by atoms with Crippen molar-refractivity contribution in [1.82, 2.24) is 9.97 Å². The van der Waals surface area contributed by atoms with Crippen molar-refractivity contribution in [2.45, 2.75) is 13.3 Å². The van der Waals surface area contributed by atoms with Crippen LogP contribution >= 0.6 is 0 Å². The van der Waals surface area contributed by atoms with E-state index in [0.717, 1.165) is 33.2 Å². The Morgan fingerprint density at radius 2 is 1.95 bits per heavy atom. The standard InChI is InChI=1S/C17H15N5/c1-10-7-14-15(21-17(20)22-16(14)19)9-13(10)12-4-2-3-11(8-12)5-6-18/h2-4,7-9H,5H2,1H3,(H4,19,20,21,22). The van der Waals surface area contributed by atoms with Gasteiger partial charge in [0.05, 0.1) is 18.0 Å². The van der Waals surface area contributed by atoms with Gasteiger partial charge in [0.2, 0.25) is 5.95 Å². The number of nitrogens with zero attached hydrogens (tertiary/aromatic N) is 3. The summed E-state index contributed by atoms with van der Waals surface area (Å²) in [5, 5.41) is 9.64. The van der Waals surface area contributed by atoms with Crippen LogP contribution < -0.4 is 11.5 Å². The van der Waals surface area contributed by atoms with E-state index in [0.29, 0.717) is 12.2 Å². The Labute approximate surface area is 128 Å². The third-order valence-corrected chi connectivity index (χ3v) is 3.61. The van der Waals surface area contributed by atoms with E-state index in [4.69, 9.17) is 16.7 Å². The van der Waals surface area contributed by atoms with Crippen LogP contribution in [0.3, 0.4) is 0 Å². The molecule has 4 N–H and O–H groups in total. The fourth-order valence-corrected chi connectivity index (χ4v) is 2.58. The zero-order valence-corrected chi connectivity index (χ0v) is 12.2. The molecule has 0 atom stereocenters. The van der Waals surface area contributed by atoms with Gasteiger partial charge in [-0.15, -0.1) is 0 Å². The second-order valence-electron chi connectivity index (χ2n) is 5.19. The molecule has 0 radical (unpaired) electrons. The van der Waals surface area contributed by atoms with Crippen molar-refractivity contribution in [2.24, 2.45) is 0 Å². The summed E-state index contributed by atoms with van der Waals surface area (Å²) in [6.45, 7) is 2.02. The first-order valence-electron chi connectivity index (χ1n) is 6.88.